The highest BCUT2D eigenvalue weighted by molar-refractivity contribution is 7.89. The number of benzene rings is 3. The van der Waals surface area contributed by atoms with E-state index in [4.69, 9.17) is 14.2 Å². The van der Waals surface area contributed by atoms with Gasteiger partial charge in [-0.05, 0) is 40.6 Å². The molecule has 0 radical (unpaired) electrons. The third kappa shape index (κ3) is 4.39. The lowest BCUT2D eigenvalue weighted by Crippen LogP contribution is -2.48. The molecule has 0 atom stereocenters. The van der Waals surface area contributed by atoms with Crippen LogP contribution in [0.25, 0.3) is 10.8 Å². The van der Waals surface area contributed by atoms with Gasteiger partial charge in [-0.1, -0.05) is 30.3 Å². The average molecular weight is 457 g/mol. The molecule has 1 aliphatic rings. The number of piperazine rings is 1. The van der Waals surface area contributed by atoms with Crippen LogP contribution in [-0.2, 0) is 16.6 Å². The van der Waals surface area contributed by atoms with Crippen LogP contribution in [0, 0.1) is 0 Å². The topological polar surface area (TPSA) is 68.3 Å². The first-order chi connectivity index (χ1) is 15.5. The predicted octanol–water partition coefficient (Wildman–Crippen LogP) is 3.37. The second-order valence-corrected chi connectivity index (χ2v) is 9.66. The highest BCUT2D eigenvalue weighted by Crippen LogP contribution is 2.38. The molecule has 8 heteroatoms. The first kappa shape index (κ1) is 22.4. The predicted molar refractivity (Wildman–Crippen MR) is 124 cm³/mol. The first-order valence-electron chi connectivity index (χ1n) is 10.5. The first-order valence-corrected chi connectivity index (χ1v) is 11.9. The summed E-state index contributed by atoms with van der Waals surface area (Å²) in [6, 6.07) is 17.0. The van der Waals surface area contributed by atoms with Crippen LogP contribution in [0.2, 0.25) is 0 Å². The van der Waals surface area contributed by atoms with Crippen molar-refractivity contribution >= 4 is 20.8 Å². The van der Waals surface area contributed by atoms with Gasteiger partial charge in [-0.3, -0.25) is 4.90 Å². The van der Waals surface area contributed by atoms with E-state index in [1.807, 2.05) is 42.5 Å². The van der Waals surface area contributed by atoms with Crippen molar-refractivity contribution in [1.82, 2.24) is 9.21 Å². The molecule has 0 unspecified atom stereocenters. The van der Waals surface area contributed by atoms with E-state index in [2.05, 4.69) is 4.90 Å². The van der Waals surface area contributed by atoms with Gasteiger partial charge in [-0.25, -0.2) is 8.42 Å². The van der Waals surface area contributed by atoms with E-state index in [1.165, 1.54) is 0 Å². The van der Waals surface area contributed by atoms with Crippen molar-refractivity contribution in [2.24, 2.45) is 0 Å². The Hall–Kier alpha value is -2.81. The van der Waals surface area contributed by atoms with Crippen molar-refractivity contribution in [1.29, 1.82) is 0 Å². The fourth-order valence-electron chi connectivity index (χ4n) is 4.09. The normalized spacial score (nSPS) is 15.6. The molecule has 7 nitrogen and oxygen atoms in total. The maximum Gasteiger partial charge on any atom is 0.243 e. The smallest absolute Gasteiger partial charge is 0.243 e. The minimum absolute atomic E-state index is 0.342. The van der Waals surface area contributed by atoms with E-state index in [9.17, 15) is 8.42 Å². The van der Waals surface area contributed by atoms with E-state index in [0.29, 0.717) is 54.9 Å². The van der Waals surface area contributed by atoms with Crippen LogP contribution in [0.4, 0.5) is 0 Å². The Morgan fingerprint density at radius 1 is 0.781 bits per heavy atom. The van der Waals surface area contributed by atoms with Crippen LogP contribution in [0.5, 0.6) is 17.2 Å². The number of fused-ring (bicyclic) bond motifs is 1. The van der Waals surface area contributed by atoms with Crippen LogP contribution in [0.15, 0.2) is 59.5 Å². The van der Waals surface area contributed by atoms with Crippen LogP contribution in [-0.4, -0.2) is 65.1 Å². The molecule has 170 valence electrons. The molecular weight excluding hydrogens is 428 g/mol. The summed E-state index contributed by atoms with van der Waals surface area (Å²) < 4.78 is 44.2. The SMILES string of the molecule is COc1cc(CN2CCN(S(=O)(=O)c3ccc4ccccc4c3)CC2)cc(OC)c1OC. The molecule has 1 saturated heterocycles. The third-order valence-electron chi connectivity index (χ3n) is 5.82. The fourth-order valence-corrected chi connectivity index (χ4v) is 5.55. The fraction of sp³-hybridized carbons (Fsp3) is 0.333. The van der Waals surface area contributed by atoms with Crippen LogP contribution < -0.4 is 14.2 Å². The summed E-state index contributed by atoms with van der Waals surface area (Å²) in [6.07, 6.45) is 0. The van der Waals surface area contributed by atoms with E-state index in [0.717, 1.165) is 16.3 Å². The summed E-state index contributed by atoms with van der Waals surface area (Å²) in [6.45, 7) is 2.84. The minimum Gasteiger partial charge on any atom is -0.493 e. The highest BCUT2D eigenvalue weighted by Gasteiger charge is 2.29. The number of sulfonamides is 1. The van der Waals surface area contributed by atoms with Crippen LogP contribution in [0.1, 0.15) is 5.56 Å². The number of rotatable bonds is 7. The number of nitrogens with zero attached hydrogens (tertiary/aromatic N) is 2. The third-order valence-corrected chi connectivity index (χ3v) is 7.72. The molecule has 3 aromatic rings. The Labute approximate surface area is 189 Å². The molecule has 0 amide bonds. The van der Waals surface area contributed by atoms with Crippen molar-refractivity contribution < 1.29 is 22.6 Å². The van der Waals surface area contributed by atoms with Gasteiger partial charge in [0.25, 0.3) is 0 Å². The van der Waals surface area contributed by atoms with Crippen molar-refractivity contribution in [2.75, 3.05) is 47.5 Å². The zero-order valence-corrected chi connectivity index (χ0v) is 19.4. The molecule has 0 N–H and O–H groups in total. The summed E-state index contributed by atoms with van der Waals surface area (Å²) in [5.74, 6) is 1.78. The Kier molecular flexibility index (Phi) is 6.55. The molecule has 0 aromatic heterocycles. The maximum absolute atomic E-state index is 13.2. The van der Waals surface area contributed by atoms with E-state index in [-0.39, 0.29) is 0 Å². The van der Waals surface area contributed by atoms with Crippen molar-refractivity contribution in [3.05, 3.63) is 60.2 Å². The van der Waals surface area contributed by atoms with Gasteiger partial charge < -0.3 is 14.2 Å². The minimum atomic E-state index is -3.53. The van der Waals surface area contributed by atoms with Gasteiger partial charge in [0.15, 0.2) is 11.5 Å². The Bertz CT molecular complexity index is 1180. The highest BCUT2D eigenvalue weighted by atomic mass is 32.2. The molecule has 0 aliphatic carbocycles. The molecule has 32 heavy (non-hydrogen) atoms. The second kappa shape index (κ2) is 9.36. The molecule has 4 rings (SSSR count). The van der Waals surface area contributed by atoms with Gasteiger partial charge in [0.2, 0.25) is 15.8 Å². The zero-order chi connectivity index (χ0) is 22.7. The molecule has 0 bridgehead atoms. The lowest BCUT2D eigenvalue weighted by atomic mass is 10.1. The van der Waals surface area contributed by atoms with Crippen molar-refractivity contribution in [3.8, 4) is 17.2 Å². The number of hydrogen-bond donors (Lipinski definition) is 0. The van der Waals surface area contributed by atoms with Crippen molar-refractivity contribution in [3.63, 3.8) is 0 Å². The van der Waals surface area contributed by atoms with Gasteiger partial charge in [-0.2, -0.15) is 4.31 Å². The number of methoxy groups -OCH3 is 3. The lowest BCUT2D eigenvalue weighted by Gasteiger charge is -2.34. The van der Waals surface area contributed by atoms with Gasteiger partial charge in [0, 0.05) is 32.7 Å². The molecule has 3 aromatic carbocycles. The quantitative estimate of drug-likeness (QED) is 0.543. The Morgan fingerprint density at radius 3 is 2.00 bits per heavy atom. The Balaban J connectivity index is 1.46. The second-order valence-electron chi connectivity index (χ2n) is 7.72. The largest absolute Gasteiger partial charge is 0.493 e. The van der Waals surface area contributed by atoms with Gasteiger partial charge in [-0.15, -0.1) is 0 Å². The Morgan fingerprint density at radius 2 is 1.41 bits per heavy atom. The van der Waals surface area contributed by atoms with Gasteiger partial charge in [0.1, 0.15) is 0 Å². The van der Waals surface area contributed by atoms with E-state index >= 15 is 0 Å². The maximum atomic E-state index is 13.2. The molecular formula is C24H28N2O5S. The number of ether oxygens (including phenoxy) is 3. The van der Waals surface area contributed by atoms with Crippen LogP contribution in [0.3, 0.4) is 0 Å². The number of hydrogen-bond acceptors (Lipinski definition) is 6. The summed E-state index contributed by atoms with van der Waals surface area (Å²) >= 11 is 0. The summed E-state index contributed by atoms with van der Waals surface area (Å²) in [5.41, 5.74) is 1.02. The summed E-state index contributed by atoms with van der Waals surface area (Å²) in [7, 11) is 1.24. The zero-order valence-electron chi connectivity index (χ0n) is 18.6. The molecule has 1 heterocycles. The average Bonchev–Trinajstić information content (AvgIpc) is 2.83. The molecule has 0 spiro atoms. The van der Waals surface area contributed by atoms with E-state index in [1.54, 1.807) is 37.8 Å². The van der Waals surface area contributed by atoms with Crippen molar-refractivity contribution in [2.45, 2.75) is 11.4 Å². The molecule has 1 fully saturated rings. The summed E-state index contributed by atoms with van der Waals surface area (Å²) in [5, 5.41) is 1.95. The summed E-state index contributed by atoms with van der Waals surface area (Å²) in [4.78, 5) is 2.57. The van der Waals surface area contributed by atoms with E-state index < -0.39 is 10.0 Å². The monoisotopic (exact) mass is 456 g/mol. The molecule has 1 aliphatic heterocycles. The lowest BCUT2D eigenvalue weighted by molar-refractivity contribution is 0.181. The van der Waals surface area contributed by atoms with Crippen LogP contribution >= 0.6 is 0 Å². The standard InChI is InChI=1S/C24H28N2O5S/c1-29-22-14-18(15-23(30-2)24(22)31-3)17-25-10-12-26(13-11-25)32(27,28)21-9-8-19-6-4-5-7-20(19)16-21/h4-9,14-16H,10-13,17H2,1-3H3. The molecule has 0 saturated carbocycles. The van der Waals surface area contributed by atoms with Gasteiger partial charge in [0.05, 0.1) is 26.2 Å². The van der Waals surface area contributed by atoms with Gasteiger partial charge >= 0.3 is 0 Å².